The molecule has 8 nitrogen and oxygen atoms in total. The lowest BCUT2D eigenvalue weighted by Gasteiger charge is -2.06. The van der Waals surface area contributed by atoms with E-state index in [9.17, 15) is 4.79 Å². The summed E-state index contributed by atoms with van der Waals surface area (Å²) in [6.45, 7) is 1.63. The number of carbonyl (C=O) groups excluding carboxylic acids is 1. The van der Waals surface area contributed by atoms with Crippen LogP contribution in [0.25, 0.3) is 0 Å². The summed E-state index contributed by atoms with van der Waals surface area (Å²) >= 11 is 0. The molecule has 0 unspecified atom stereocenters. The summed E-state index contributed by atoms with van der Waals surface area (Å²) in [4.78, 5) is 11.6. The van der Waals surface area contributed by atoms with Gasteiger partial charge in [0.15, 0.2) is 5.69 Å². The van der Waals surface area contributed by atoms with Crippen molar-refractivity contribution in [3.8, 4) is 0 Å². The van der Waals surface area contributed by atoms with Gasteiger partial charge >= 0.3 is 5.97 Å². The molecule has 0 fully saturated rings. The fourth-order valence-corrected chi connectivity index (χ4v) is 1.78. The van der Waals surface area contributed by atoms with E-state index in [1.165, 1.54) is 7.11 Å². The summed E-state index contributed by atoms with van der Waals surface area (Å²) in [6.07, 6.45) is 4.10. The smallest absolute Gasteiger partial charge is 0.360 e. The van der Waals surface area contributed by atoms with Crippen molar-refractivity contribution < 1.29 is 9.53 Å². The van der Waals surface area contributed by atoms with Crippen molar-refractivity contribution in [3.05, 3.63) is 29.8 Å². The molecule has 2 aromatic rings. The average molecular weight is 264 g/mol. The Labute approximate surface area is 110 Å². The monoisotopic (exact) mass is 264 g/mol. The van der Waals surface area contributed by atoms with Gasteiger partial charge in [-0.1, -0.05) is 5.21 Å². The third kappa shape index (κ3) is 2.97. The molecule has 2 aromatic heterocycles. The molecular weight excluding hydrogens is 248 g/mol. The number of carbonyl (C=O) groups is 1. The second kappa shape index (κ2) is 6.10. The fourth-order valence-electron chi connectivity index (χ4n) is 1.78. The van der Waals surface area contributed by atoms with Gasteiger partial charge in [-0.15, -0.1) is 5.10 Å². The molecule has 0 saturated carbocycles. The largest absolute Gasteiger partial charge is 0.464 e. The van der Waals surface area contributed by atoms with Crippen LogP contribution in [0.15, 0.2) is 18.5 Å². The first-order valence-corrected chi connectivity index (χ1v) is 5.94. The van der Waals surface area contributed by atoms with E-state index in [0.29, 0.717) is 31.7 Å². The van der Waals surface area contributed by atoms with E-state index in [1.54, 1.807) is 15.6 Å². The fraction of sp³-hybridized carbons (Fsp3) is 0.455. The van der Waals surface area contributed by atoms with Crippen LogP contribution in [0.5, 0.6) is 0 Å². The molecule has 0 saturated heterocycles. The molecule has 0 aliphatic rings. The third-order valence-electron chi connectivity index (χ3n) is 2.70. The van der Waals surface area contributed by atoms with E-state index in [1.807, 2.05) is 12.3 Å². The highest BCUT2D eigenvalue weighted by Crippen LogP contribution is 2.08. The lowest BCUT2D eigenvalue weighted by molar-refractivity contribution is 0.0592. The number of nitrogens with two attached hydrogens (primary N) is 1. The van der Waals surface area contributed by atoms with Gasteiger partial charge in [0.05, 0.1) is 25.9 Å². The van der Waals surface area contributed by atoms with Gasteiger partial charge < -0.3 is 10.5 Å². The highest BCUT2D eigenvalue weighted by Gasteiger charge is 2.19. The maximum atomic E-state index is 11.6. The Morgan fingerprint density at radius 1 is 1.47 bits per heavy atom. The molecular formula is C11H16N6O2. The highest BCUT2D eigenvalue weighted by molar-refractivity contribution is 5.88. The van der Waals surface area contributed by atoms with Crippen molar-refractivity contribution in [2.75, 3.05) is 13.7 Å². The summed E-state index contributed by atoms with van der Waals surface area (Å²) < 4.78 is 8.12. The Morgan fingerprint density at radius 2 is 2.32 bits per heavy atom. The van der Waals surface area contributed by atoms with E-state index in [2.05, 4.69) is 20.1 Å². The molecule has 0 spiro atoms. The first-order chi connectivity index (χ1) is 9.26. The number of ether oxygens (including phenoxy) is 1. The first kappa shape index (κ1) is 13.2. The summed E-state index contributed by atoms with van der Waals surface area (Å²) in [5, 5.41) is 11.9. The van der Waals surface area contributed by atoms with Crippen LogP contribution in [0.1, 0.15) is 16.2 Å². The van der Waals surface area contributed by atoms with Crippen molar-refractivity contribution in [2.24, 2.45) is 5.73 Å². The highest BCUT2D eigenvalue weighted by atomic mass is 16.5. The SMILES string of the molecule is COC(=O)c1nnn(CCn2cccn2)c1CCN. The number of esters is 1. The molecule has 8 heteroatoms. The lowest BCUT2D eigenvalue weighted by Crippen LogP contribution is -2.16. The summed E-state index contributed by atoms with van der Waals surface area (Å²) in [5.41, 5.74) is 6.48. The zero-order chi connectivity index (χ0) is 13.7. The minimum atomic E-state index is -0.492. The summed E-state index contributed by atoms with van der Waals surface area (Å²) in [5.74, 6) is -0.492. The zero-order valence-electron chi connectivity index (χ0n) is 10.7. The Hall–Kier alpha value is -2.22. The number of aryl methyl sites for hydroxylation is 2. The van der Waals surface area contributed by atoms with Gasteiger partial charge in [-0.3, -0.25) is 4.68 Å². The van der Waals surface area contributed by atoms with Crippen LogP contribution in [0.2, 0.25) is 0 Å². The molecule has 19 heavy (non-hydrogen) atoms. The predicted molar refractivity (Wildman–Crippen MR) is 66.3 cm³/mol. The number of rotatable bonds is 6. The third-order valence-corrected chi connectivity index (χ3v) is 2.70. The van der Waals surface area contributed by atoms with Crippen LogP contribution in [0, 0.1) is 0 Å². The number of methoxy groups -OCH3 is 1. The Kier molecular flexibility index (Phi) is 4.24. The lowest BCUT2D eigenvalue weighted by atomic mass is 10.2. The number of aromatic nitrogens is 5. The summed E-state index contributed by atoms with van der Waals surface area (Å²) in [7, 11) is 1.32. The molecule has 102 valence electrons. The van der Waals surface area contributed by atoms with Crippen molar-refractivity contribution in [2.45, 2.75) is 19.5 Å². The van der Waals surface area contributed by atoms with Crippen LogP contribution >= 0.6 is 0 Å². The second-order valence-corrected chi connectivity index (χ2v) is 3.91. The number of hydrogen-bond donors (Lipinski definition) is 1. The molecule has 2 rings (SSSR count). The molecule has 0 bridgehead atoms. The Balaban J connectivity index is 2.15. The topological polar surface area (TPSA) is 101 Å². The van der Waals surface area contributed by atoms with Crippen molar-refractivity contribution >= 4 is 5.97 Å². The molecule has 0 aliphatic heterocycles. The van der Waals surface area contributed by atoms with Crippen LogP contribution in [-0.4, -0.2) is 44.4 Å². The van der Waals surface area contributed by atoms with Gasteiger partial charge in [0.25, 0.3) is 0 Å². The van der Waals surface area contributed by atoms with Gasteiger partial charge in [0.2, 0.25) is 0 Å². The predicted octanol–water partition coefficient (Wildman–Crippen LogP) is -0.537. The maximum Gasteiger partial charge on any atom is 0.360 e. The van der Waals surface area contributed by atoms with Gasteiger partial charge in [0.1, 0.15) is 0 Å². The van der Waals surface area contributed by atoms with Crippen molar-refractivity contribution in [3.63, 3.8) is 0 Å². The molecule has 0 aromatic carbocycles. The zero-order valence-corrected chi connectivity index (χ0v) is 10.7. The van der Waals surface area contributed by atoms with E-state index in [-0.39, 0.29) is 5.69 Å². The van der Waals surface area contributed by atoms with E-state index in [4.69, 9.17) is 5.73 Å². The second-order valence-electron chi connectivity index (χ2n) is 3.91. The minimum Gasteiger partial charge on any atom is -0.464 e. The van der Waals surface area contributed by atoms with Crippen molar-refractivity contribution in [1.29, 1.82) is 0 Å². The van der Waals surface area contributed by atoms with Crippen LogP contribution < -0.4 is 5.73 Å². The molecule has 0 atom stereocenters. The molecule has 0 aliphatic carbocycles. The average Bonchev–Trinajstić information content (AvgIpc) is 3.05. The summed E-state index contributed by atoms with van der Waals surface area (Å²) in [6, 6.07) is 1.85. The molecule has 0 radical (unpaired) electrons. The van der Waals surface area contributed by atoms with E-state index < -0.39 is 5.97 Å². The van der Waals surface area contributed by atoms with Gasteiger partial charge in [-0.05, 0) is 12.6 Å². The molecule has 0 amide bonds. The molecule has 2 N–H and O–H groups in total. The normalized spacial score (nSPS) is 10.6. The Morgan fingerprint density at radius 3 is 2.95 bits per heavy atom. The van der Waals surface area contributed by atoms with E-state index in [0.717, 1.165) is 0 Å². The van der Waals surface area contributed by atoms with E-state index >= 15 is 0 Å². The van der Waals surface area contributed by atoms with Gasteiger partial charge in [-0.2, -0.15) is 5.10 Å². The molecule has 2 heterocycles. The van der Waals surface area contributed by atoms with Crippen LogP contribution in [-0.2, 0) is 24.2 Å². The standard InChI is InChI=1S/C11H16N6O2/c1-19-11(18)10-9(3-4-12)17(15-14-10)8-7-16-6-2-5-13-16/h2,5-6H,3-4,7-8,12H2,1H3. The number of nitrogens with zero attached hydrogens (tertiary/aromatic N) is 5. The van der Waals surface area contributed by atoms with Crippen LogP contribution in [0.3, 0.4) is 0 Å². The quantitative estimate of drug-likeness (QED) is 0.703. The van der Waals surface area contributed by atoms with Crippen LogP contribution in [0.4, 0.5) is 0 Å². The number of hydrogen-bond acceptors (Lipinski definition) is 6. The minimum absolute atomic E-state index is 0.230. The maximum absolute atomic E-state index is 11.6. The van der Waals surface area contributed by atoms with Gasteiger partial charge in [-0.25, -0.2) is 9.48 Å². The van der Waals surface area contributed by atoms with Crippen molar-refractivity contribution in [1.82, 2.24) is 24.8 Å². The first-order valence-electron chi connectivity index (χ1n) is 5.94. The Bertz CT molecular complexity index is 533. The van der Waals surface area contributed by atoms with Gasteiger partial charge in [0, 0.05) is 18.8 Å².